The van der Waals surface area contributed by atoms with Crippen molar-refractivity contribution >= 4 is 22.4 Å². The summed E-state index contributed by atoms with van der Waals surface area (Å²) in [5.41, 5.74) is 8.20. The lowest BCUT2D eigenvalue weighted by Gasteiger charge is -2.22. The number of fused-ring (bicyclic) bond motifs is 1. The van der Waals surface area contributed by atoms with Crippen LogP contribution in [0, 0.1) is 5.41 Å². The van der Waals surface area contributed by atoms with E-state index in [-0.39, 0.29) is 5.84 Å². The third kappa shape index (κ3) is 1.93. The molecule has 1 aromatic heterocycles. The Balaban J connectivity index is 2.79. The highest BCUT2D eigenvalue weighted by Gasteiger charge is 2.13. The fourth-order valence-electron chi connectivity index (χ4n) is 1.89. The van der Waals surface area contributed by atoms with Gasteiger partial charge in [0.05, 0.1) is 16.8 Å². The molecule has 4 nitrogen and oxygen atoms in total. The van der Waals surface area contributed by atoms with Gasteiger partial charge in [0, 0.05) is 25.2 Å². The van der Waals surface area contributed by atoms with Crippen molar-refractivity contribution in [1.82, 2.24) is 4.98 Å². The van der Waals surface area contributed by atoms with Crippen LogP contribution in [0.5, 0.6) is 0 Å². The van der Waals surface area contributed by atoms with Gasteiger partial charge in [0.2, 0.25) is 0 Å². The molecular formula is C13H16N4. The Morgan fingerprint density at radius 2 is 2.12 bits per heavy atom. The largest absolute Gasteiger partial charge is 0.384 e. The minimum atomic E-state index is 0.0542. The molecule has 17 heavy (non-hydrogen) atoms. The number of benzene rings is 1. The number of nitrogens with zero attached hydrogens (tertiary/aromatic N) is 2. The lowest BCUT2D eigenvalue weighted by Crippen LogP contribution is -2.22. The summed E-state index contributed by atoms with van der Waals surface area (Å²) < 4.78 is 0. The molecule has 4 heteroatoms. The van der Waals surface area contributed by atoms with Crippen molar-refractivity contribution in [2.45, 2.75) is 6.92 Å². The van der Waals surface area contributed by atoms with E-state index in [1.165, 1.54) is 0 Å². The van der Waals surface area contributed by atoms with E-state index < -0.39 is 0 Å². The Kier molecular flexibility index (Phi) is 2.95. The number of para-hydroxylation sites is 1. The van der Waals surface area contributed by atoms with Crippen LogP contribution in [0.2, 0.25) is 0 Å². The molecule has 0 fully saturated rings. The van der Waals surface area contributed by atoms with Gasteiger partial charge in [0.25, 0.3) is 0 Å². The Morgan fingerprint density at radius 1 is 1.41 bits per heavy atom. The average Bonchev–Trinajstić information content (AvgIpc) is 2.36. The van der Waals surface area contributed by atoms with Gasteiger partial charge >= 0.3 is 0 Å². The molecule has 3 N–H and O–H groups in total. The third-order valence-electron chi connectivity index (χ3n) is 2.89. The lowest BCUT2D eigenvalue weighted by atomic mass is 10.1. The Bertz CT molecular complexity index is 562. The van der Waals surface area contributed by atoms with Gasteiger partial charge in [-0.3, -0.25) is 10.4 Å². The van der Waals surface area contributed by atoms with E-state index in [2.05, 4.69) is 16.8 Å². The van der Waals surface area contributed by atoms with Crippen molar-refractivity contribution in [2.75, 3.05) is 18.5 Å². The van der Waals surface area contributed by atoms with Crippen molar-refractivity contribution in [3.8, 4) is 0 Å². The highest BCUT2D eigenvalue weighted by molar-refractivity contribution is 6.07. The maximum atomic E-state index is 7.63. The van der Waals surface area contributed by atoms with Crippen molar-refractivity contribution in [3.05, 3.63) is 36.0 Å². The van der Waals surface area contributed by atoms with Crippen molar-refractivity contribution < 1.29 is 0 Å². The van der Waals surface area contributed by atoms with E-state index in [9.17, 15) is 0 Å². The quantitative estimate of drug-likeness (QED) is 0.623. The molecule has 2 rings (SSSR count). The molecule has 0 radical (unpaired) electrons. The minimum absolute atomic E-state index is 0.0542. The molecule has 0 aliphatic rings. The third-order valence-corrected chi connectivity index (χ3v) is 2.89. The van der Waals surface area contributed by atoms with Gasteiger partial charge in [0.15, 0.2) is 0 Å². The van der Waals surface area contributed by atoms with Crippen LogP contribution in [0.3, 0.4) is 0 Å². The highest BCUT2D eigenvalue weighted by atomic mass is 15.1. The summed E-state index contributed by atoms with van der Waals surface area (Å²) in [5, 5.41) is 8.66. The minimum Gasteiger partial charge on any atom is -0.384 e. The van der Waals surface area contributed by atoms with E-state index in [4.69, 9.17) is 11.1 Å². The molecule has 0 aliphatic carbocycles. The monoisotopic (exact) mass is 228 g/mol. The maximum absolute atomic E-state index is 7.63. The van der Waals surface area contributed by atoms with Crippen molar-refractivity contribution in [1.29, 1.82) is 5.41 Å². The van der Waals surface area contributed by atoms with E-state index in [1.807, 2.05) is 31.3 Å². The molecule has 0 saturated heterocycles. The first-order valence-electron chi connectivity index (χ1n) is 5.58. The van der Waals surface area contributed by atoms with E-state index in [1.54, 1.807) is 6.20 Å². The second-order valence-electron chi connectivity index (χ2n) is 3.97. The molecule has 0 unspecified atom stereocenters. The van der Waals surface area contributed by atoms with Gasteiger partial charge in [-0.1, -0.05) is 18.2 Å². The first-order valence-corrected chi connectivity index (χ1v) is 5.58. The van der Waals surface area contributed by atoms with Crippen LogP contribution in [0.1, 0.15) is 12.5 Å². The number of anilines is 1. The van der Waals surface area contributed by atoms with Gasteiger partial charge in [0.1, 0.15) is 5.84 Å². The summed E-state index contributed by atoms with van der Waals surface area (Å²) in [6.45, 7) is 2.92. The Labute approximate surface area is 101 Å². The van der Waals surface area contributed by atoms with Crippen molar-refractivity contribution in [2.24, 2.45) is 5.73 Å². The molecule has 0 bridgehead atoms. The molecule has 2 aromatic rings. The van der Waals surface area contributed by atoms with Gasteiger partial charge < -0.3 is 10.6 Å². The molecule has 88 valence electrons. The summed E-state index contributed by atoms with van der Waals surface area (Å²) in [7, 11) is 1.99. The molecule has 0 atom stereocenters. The zero-order valence-corrected chi connectivity index (χ0v) is 10.1. The fraction of sp³-hybridized carbons (Fsp3) is 0.231. The number of aromatic nitrogens is 1. The lowest BCUT2D eigenvalue weighted by molar-refractivity contribution is 0.970. The first kappa shape index (κ1) is 11.4. The Hall–Kier alpha value is -2.10. The molecule has 0 saturated carbocycles. The number of hydrogen-bond acceptors (Lipinski definition) is 3. The predicted octanol–water partition coefficient (Wildman–Crippen LogP) is 1.97. The second kappa shape index (κ2) is 4.41. The smallest absolute Gasteiger partial charge is 0.126 e. The van der Waals surface area contributed by atoms with Crippen LogP contribution < -0.4 is 10.6 Å². The van der Waals surface area contributed by atoms with Crippen molar-refractivity contribution in [3.63, 3.8) is 0 Å². The summed E-state index contributed by atoms with van der Waals surface area (Å²) in [6, 6.07) is 7.90. The molecule has 1 heterocycles. The Morgan fingerprint density at radius 3 is 2.76 bits per heavy atom. The van der Waals surface area contributed by atoms with Crippen LogP contribution >= 0.6 is 0 Å². The zero-order valence-electron chi connectivity index (χ0n) is 10.1. The van der Waals surface area contributed by atoms with Crippen LogP contribution in [0.15, 0.2) is 30.5 Å². The number of nitrogens with one attached hydrogen (secondary N) is 1. The van der Waals surface area contributed by atoms with Gasteiger partial charge in [-0.05, 0) is 13.0 Å². The number of amidine groups is 1. The summed E-state index contributed by atoms with van der Waals surface area (Å²) in [5.74, 6) is 0.0542. The standard InChI is InChI=1S/C13H16N4/c1-3-17(2)12-9-6-4-5-7-11(9)16-8-10(12)13(14)15/h4-8H,3H2,1-2H3,(H3,14,15). The number of hydrogen-bond donors (Lipinski definition) is 2. The molecule has 0 amide bonds. The number of nitrogen functional groups attached to an aromatic ring is 1. The molecule has 0 aliphatic heterocycles. The van der Waals surface area contributed by atoms with Crippen LogP contribution in [0.25, 0.3) is 10.9 Å². The van der Waals surface area contributed by atoms with E-state index >= 15 is 0 Å². The number of rotatable bonds is 3. The fourth-order valence-corrected chi connectivity index (χ4v) is 1.89. The molecular weight excluding hydrogens is 212 g/mol. The topological polar surface area (TPSA) is 66.0 Å². The normalized spacial score (nSPS) is 10.5. The SMILES string of the molecule is CCN(C)c1c(C(=N)N)cnc2ccccc12. The van der Waals surface area contributed by atoms with Gasteiger partial charge in [-0.25, -0.2) is 0 Å². The van der Waals surface area contributed by atoms with Crippen LogP contribution in [-0.4, -0.2) is 24.4 Å². The predicted molar refractivity (Wildman–Crippen MR) is 71.7 cm³/mol. The first-order chi connectivity index (χ1) is 8.15. The highest BCUT2D eigenvalue weighted by Crippen LogP contribution is 2.28. The van der Waals surface area contributed by atoms with Crippen LogP contribution in [-0.2, 0) is 0 Å². The average molecular weight is 228 g/mol. The molecule has 1 aromatic carbocycles. The van der Waals surface area contributed by atoms with Gasteiger partial charge in [-0.15, -0.1) is 0 Å². The number of nitrogens with two attached hydrogens (primary N) is 1. The summed E-state index contributed by atoms with van der Waals surface area (Å²) in [4.78, 5) is 6.42. The summed E-state index contributed by atoms with van der Waals surface area (Å²) in [6.07, 6.45) is 1.67. The van der Waals surface area contributed by atoms with E-state index in [0.717, 1.165) is 23.1 Å². The number of pyridine rings is 1. The molecule has 0 spiro atoms. The van der Waals surface area contributed by atoms with Crippen LogP contribution in [0.4, 0.5) is 5.69 Å². The maximum Gasteiger partial charge on any atom is 0.126 e. The van der Waals surface area contributed by atoms with Gasteiger partial charge in [-0.2, -0.15) is 0 Å². The second-order valence-corrected chi connectivity index (χ2v) is 3.97. The van der Waals surface area contributed by atoms with E-state index in [0.29, 0.717) is 5.56 Å². The zero-order chi connectivity index (χ0) is 12.4. The summed E-state index contributed by atoms with van der Waals surface area (Å²) >= 11 is 0.